The highest BCUT2D eigenvalue weighted by Gasteiger charge is 2.20. The number of nitrogens with zero attached hydrogens (tertiary/aromatic N) is 1. The minimum Gasteiger partial charge on any atom is -0.460 e. The van der Waals surface area contributed by atoms with Gasteiger partial charge < -0.3 is 9.32 Å². The van der Waals surface area contributed by atoms with Gasteiger partial charge >= 0.3 is 0 Å². The number of benzene rings is 11. The van der Waals surface area contributed by atoms with Crippen LogP contribution in [-0.2, 0) is 6.42 Å². The Balaban J connectivity index is 0.874. The van der Waals surface area contributed by atoms with Crippen LogP contribution in [0.25, 0.3) is 99.1 Å². The third-order valence-corrected chi connectivity index (χ3v) is 13.8. The van der Waals surface area contributed by atoms with E-state index in [2.05, 4.69) is 235 Å². The largest absolute Gasteiger partial charge is 0.460 e. The molecular formula is C64H43NO. The smallest absolute Gasteiger partial charge is 0.134 e. The predicted octanol–water partition coefficient (Wildman–Crippen LogP) is 18.0. The molecule has 0 aliphatic heterocycles. The summed E-state index contributed by atoms with van der Waals surface area (Å²) in [6.45, 7) is 0. The van der Waals surface area contributed by atoms with E-state index in [4.69, 9.17) is 4.42 Å². The topological polar surface area (TPSA) is 16.4 Å². The molecule has 11 aromatic carbocycles. The Bertz CT molecular complexity index is 3810. The van der Waals surface area contributed by atoms with Crippen molar-refractivity contribution in [1.82, 2.24) is 0 Å². The molecule has 0 fully saturated rings. The Morgan fingerprint density at radius 3 is 1.47 bits per heavy atom. The van der Waals surface area contributed by atoms with Gasteiger partial charge in [-0.1, -0.05) is 176 Å². The molecule has 1 aromatic heterocycles. The van der Waals surface area contributed by atoms with Gasteiger partial charge in [-0.2, -0.15) is 0 Å². The molecular weight excluding hydrogens is 799 g/mol. The van der Waals surface area contributed by atoms with Gasteiger partial charge in [0.25, 0.3) is 0 Å². The molecule has 1 aliphatic carbocycles. The summed E-state index contributed by atoms with van der Waals surface area (Å²) in [6.07, 6.45) is 4.18. The Morgan fingerprint density at radius 2 is 0.803 bits per heavy atom. The Labute approximate surface area is 384 Å². The number of allylic oxidation sites excluding steroid dienone is 1. The van der Waals surface area contributed by atoms with Crippen molar-refractivity contribution >= 4 is 82.8 Å². The summed E-state index contributed by atoms with van der Waals surface area (Å²) in [5, 5.41) is 11.4. The zero-order valence-corrected chi connectivity index (χ0v) is 36.3. The average Bonchev–Trinajstić information content (AvgIpc) is 3.77. The van der Waals surface area contributed by atoms with Crippen LogP contribution < -0.4 is 4.90 Å². The van der Waals surface area contributed by atoms with Crippen molar-refractivity contribution in [3.05, 3.63) is 247 Å². The molecule has 12 aromatic rings. The van der Waals surface area contributed by atoms with Crippen molar-refractivity contribution in [2.75, 3.05) is 4.90 Å². The SMILES string of the molecule is C1=C(c2ccc(N(c3ccc(-c4cccc(-c5cccc6ccccc56)c4)cc3)c3ccc(-c4ccc5c6ccccc6c6ccccc6c5c4)cc3)cc2)CCc2oc3ccccc3c21. The van der Waals surface area contributed by atoms with Crippen LogP contribution in [0.4, 0.5) is 17.1 Å². The number of hydrogen-bond donors (Lipinski definition) is 0. The normalized spacial score (nSPS) is 12.5. The highest BCUT2D eigenvalue weighted by Crippen LogP contribution is 2.42. The van der Waals surface area contributed by atoms with E-state index in [9.17, 15) is 0 Å². The lowest BCUT2D eigenvalue weighted by Crippen LogP contribution is -2.10. The number of fused-ring (bicyclic) bond motifs is 10. The minimum absolute atomic E-state index is 0.900. The molecule has 0 saturated heterocycles. The fourth-order valence-corrected chi connectivity index (χ4v) is 10.5. The third-order valence-electron chi connectivity index (χ3n) is 13.8. The second-order valence-corrected chi connectivity index (χ2v) is 17.5. The van der Waals surface area contributed by atoms with Crippen LogP contribution in [0.3, 0.4) is 0 Å². The van der Waals surface area contributed by atoms with Gasteiger partial charge in [0, 0.05) is 34.4 Å². The summed E-state index contributed by atoms with van der Waals surface area (Å²) in [6, 6.07) is 84.3. The lowest BCUT2D eigenvalue weighted by Gasteiger charge is -2.26. The zero-order valence-electron chi connectivity index (χ0n) is 36.3. The lowest BCUT2D eigenvalue weighted by molar-refractivity contribution is 0.548. The van der Waals surface area contributed by atoms with Crippen molar-refractivity contribution in [2.45, 2.75) is 12.8 Å². The summed E-state index contributed by atoms with van der Waals surface area (Å²) in [5.41, 5.74) is 15.3. The van der Waals surface area contributed by atoms with E-state index in [0.717, 1.165) is 41.2 Å². The maximum Gasteiger partial charge on any atom is 0.134 e. The fraction of sp³-hybridized carbons (Fsp3) is 0.0312. The molecule has 1 heterocycles. The van der Waals surface area contributed by atoms with Crippen molar-refractivity contribution in [3.8, 4) is 33.4 Å². The summed E-state index contributed by atoms with van der Waals surface area (Å²) in [5.74, 6) is 1.08. The van der Waals surface area contributed by atoms with Gasteiger partial charge in [0.15, 0.2) is 0 Å². The van der Waals surface area contributed by atoms with Gasteiger partial charge in [-0.25, -0.2) is 0 Å². The summed E-state index contributed by atoms with van der Waals surface area (Å²) in [4.78, 5) is 2.38. The van der Waals surface area contributed by atoms with Crippen molar-refractivity contribution in [2.24, 2.45) is 0 Å². The summed E-state index contributed by atoms with van der Waals surface area (Å²) in [7, 11) is 0. The predicted molar refractivity (Wildman–Crippen MR) is 280 cm³/mol. The molecule has 0 radical (unpaired) electrons. The molecule has 0 saturated carbocycles. The van der Waals surface area contributed by atoms with Crippen LogP contribution in [0.15, 0.2) is 235 Å². The molecule has 2 nitrogen and oxygen atoms in total. The molecule has 0 bridgehead atoms. The van der Waals surface area contributed by atoms with Crippen LogP contribution >= 0.6 is 0 Å². The molecule has 0 atom stereocenters. The minimum atomic E-state index is 0.900. The molecule has 1 aliphatic rings. The van der Waals surface area contributed by atoms with Crippen LogP contribution in [-0.4, -0.2) is 0 Å². The van der Waals surface area contributed by atoms with Gasteiger partial charge in [-0.3, -0.25) is 0 Å². The monoisotopic (exact) mass is 841 g/mol. The van der Waals surface area contributed by atoms with E-state index >= 15 is 0 Å². The summed E-state index contributed by atoms with van der Waals surface area (Å²) < 4.78 is 6.24. The second kappa shape index (κ2) is 15.7. The maximum absolute atomic E-state index is 6.24. The van der Waals surface area contributed by atoms with E-state index in [0.29, 0.717) is 0 Å². The average molecular weight is 842 g/mol. The summed E-state index contributed by atoms with van der Waals surface area (Å²) >= 11 is 0. The van der Waals surface area contributed by atoms with Crippen LogP contribution in [0.1, 0.15) is 23.3 Å². The molecule has 2 heteroatoms. The Morgan fingerprint density at radius 1 is 0.318 bits per heavy atom. The fourth-order valence-electron chi connectivity index (χ4n) is 10.5. The third kappa shape index (κ3) is 6.49. The van der Waals surface area contributed by atoms with E-state index < -0.39 is 0 Å². The first kappa shape index (κ1) is 38.0. The van der Waals surface area contributed by atoms with Crippen molar-refractivity contribution < 1.29 is 4.42 Å². The lowest BCUT2D eigenvalue weighted by atomic mass is 9.91. The highest BCUT2D eigenvalue weighted by atomic mass is 16.3. The van der Waals surface area contributed by atoms with Crippen molar-refractivity contribution in [1.29, 1.82) is 0 Å². The molecule has 310 valence electrons. The number of hydrogen-bond acceptors (Lipinski definition) is 2. The first-order valence-corrected chi connectivity index (χ1v) is 22.9. The molecule has 66 heavy (non-hydrogen) atoms. The quantitative estimate of drug-likeness (QED) is 0.149. The molecule has 0 N–H and O–H groups in total. The molecule has 0 amide bonds. The van der Waals surface area contributed by atoms with Gasteiger partial charge in [-0.15, -0.1) is 0 Å². The number of aryl methyl sites for hydroxylation is 1. The maximum atomic E-state index is 6.24. The van der Waals surface area contributed by atoms with Crippen LogP contribution in [0.2, 0.25) is 0 Å². The van der Waals surface area contributed by atoms with E-state index in [1.807, 2.05) is 6.07 Å². The number of anilines is 3. The first-order valence-electron chi connectivity index (χ1n) is 22.9. The van der Waals surface area contributed by atoms with Gasteiger partial charge in [0.05, 0.1) is 0 Å². The van der Waals surface area contributed by atoms with Crippen LogP contribution in [0.5, 0.6) is 0 Å². The second-order valence-electron chi connectivity index (χ2n) is 17.5. The molecule has 0 unspecified atom stereocenters. The Kier molecular flexibility index (Phi) is 9.02. The van der Waals surface area contributed by atoms with E-state index in [-0.39, 0.29) is 0 Å². The van der Waals surface area contributed by atoms with E-state index in [1.54, 1.807) is 0 Å². The number of furan rings is 1. The standard InChI is InChI=1S/C64H43NO/c1-2-15-53-45(11-1)12-10-21-54(53)49-14-9-13-46(39-49)42-23-31-50(32-24-42)65(52-35-27-44(28-36-52)48-30-38-64-62(41-48)60-20-7-8-22-63(60)66-64)51-33-25-43(26-34-51)47-29-37-59-57-18-4-3-16-55(57)56-17-5-6-19-58(56)61(59)40-47/h1-29,31-37,39-41H,30,38H2. The van der Waals surface area contributed by atoms with Crippen LogP contribution in [0, 0.1) is 0 Å². The van der Waals surface area contributed by atoms with Crippen molar-refractivity contribution in [3.63, 3.8) is 0 Å². The van der Waals surface area contributed by atoms with Gasteiger partial charge in [-0.05, 0) is 155 Å². The van der Waals surface area contributed by atoms with Gasteiger partial charge in [0.2, 0.25) is 0 Å². The molecule has 13 rings (SSSR count). The van der Waals surface area contributed by atoms with Gasteiger partial charge in [0.1, 0.15) is 11.3 Å². The number of rotatable bonds is 7. The Hall–Kier alpha value is -8.46. The zero-order chi connectivity index (χ0) is 43.6. The van der Waals surface area contributed by atoms with E-state index in [1.165, 1.54) is 98.6 Å². The molecule has 0 spiro atoms. The first-order chi connectivity index (χ1) is 32.7. The number of para-hydroxylation sites is 1. The highest BCUT2D eigenvalue weighted by molar-refractivity contribution is 6.25.